The molecule has 0 bridgehead atoms. The number of rotatable bonds is 16. The molecule has 17 nitrogen and oxygen atoms in total. The van der Waals surface area contributed by atoms with Gasteiger partial charge < -0.3 is 28.6 Å². The molecule has 4 saturated heterocycles. The Balaban J connectivity index is 0.614. The molecule has 20 heteroatoms. The quantitative estimate of drug-likeness (QED) is 0.102. The number of imidazole rings is 1. The van der Waals surface area contributed by atoms with Crippen LogP contribution < -0.4 is 15.9 Å². The van der Waals surface area contributed by atoms with Crippen LogP contribution in [0.2, 0.25) is 0 Å². The van der Waals surface area contributed by atoms with E-state index in [1.54, 1.807) is 17.3 Å². The van der Waals surface area contributed by atoms with Crippen LogP contribution in [0.25, 0.3) is 11.2 Å². The van der Waals surface area contributed by atoms with Crippen LogP contribution in [0.15, 0.2) is 96.3 Å². The van der Waals surface area contributed by atoms with Gasteiger partial charge in [-0.2, -0.15) is 13.2 Å². The lowest BCUT2D eigenvalue weighted by atomic mass is 9.75. The van der Waals surface area contributed by atoms with E-state index in [4.69, 9.17) is 14.2 Å². The average molecular weight is 1020 g/mol. The van der Waals surface area contributed by atoms with E-state index >= 15 is 0 Å². The SMILES string of the molecule is Cn1cnnc1CC1(c2cccc(-n3cc4c(C(F)(F)F)cc(CN5CCC(OCCOCc6ccc(CN7CCN(c8ccc9c(c8)CN([C@H]8CCC(=O)NC8=O)C9=O)CC7)cc6)CC5)cn4c3=O)c2)COC1. The summed E-state index contributed by atoms with van der Waals surface area (Å²) in [5.41, 5.74) is 4.62. The van der Waals surface area contributed by atoms with E-state index in [1.165, 1.54) is 28.6 Å². The lowest BCUT2D eigenvalue weighted by molar-refractivity contribution is -0.137. The minimum atomic E-state index is -4.68. The fourth-order valence-corrected chi connectivity index (χ4v) is 11.1. The largest absolute Gasteiger partial charge is 0.418 e. The highest BCUT2D eigenvalue weighted by Gasteiger charge is 2.43. The number of aryl methyl sites for hydroxylation is 1. The second-order valence-corrected chi connectivity index (χ2v) is 20.4. The Morgan fingerprint density at radius 1 is 0.811 bits per heavy atom. The number of anilines is 1. The van der Waals surface area contributed by atoms with Crippen LogP contribution in [0.4, 0.5) is 18.9 Å². The number of benzene rings is 3. The number of piperazine rings is 1. The van der Waals surface area contributed by atoms with E-state index in [-0.39, 0.29) is 36.4 Å². The highest BCUT2D eigenvalue weighted by Crippen LogP contribution is 2.38. The van der Waals surface area contributed by atoms with Crippen molar-refractivity contribution in [2.75, 3.05) is 70.6 Å². The Morgan fingerprint density at radius 2 is 1.57 bits per heavy atom. The molecule has 388 valence electrons. The maximum atomic E-state index is 14.6. The molecule has 74 heavy (non-hydrogen) atoms. The first kappa shape index (κ1) is 49.5. The van der Waals surface area contributed by atoms with E-state index in [9.17, 15) is 32.3 Å². The van der Waals surface area contributed by atoms with E-state index in [2.05, 4.69) is 60.5 Å². The zero-order valence-corrected chi connectivity index (χ0v) is 41.3. The number of amides is 3. The van der Waals surface area contributed by atoms with Crippen molar-refractivity contribution in [2.45, 2.75) is 82.1 Å². The number of pyridine rings is 1. The van der Waals surface area contributed by atoms with Gasteiger partial charge in [0.05, 0.1) is 55.9 Å². The molecule has 8 heterocycles. The van der Waals surface area contributed by atoms with Crippen LogP contribution in [0.3, 0.4) is 0 Å². The van der Waals surface area contributed by atoms with Crippen LogP contribution in [-0.2, 0) is 75.1 Å². The van der Waals surface area contributed by atoms with Crippen molar-refractivity contribution in [3.05, 3.63) is 147 Å². The lowest BCUT2D eigenvalue weighted by Gasteiger charge is -2.41. The normalized spacial score (nSPS) is 19.8. The molecule has 4 fully saturated rings. The van der Waals surface area contributed by atoms with E-state index in [0.717, 1.165) is 78.2 Å². The summed E-state index contributed by atoms with van der Waals surface area (Å²) >= 11 is 0. The van der Waals surface area contributed by atoms with Gasteiger partial charge in [-0.05, 0) is 83.5 Å². The summed E-state index contributed by atoms with van der Waals surface area (Å²) in [5.74, 6) is -0.0817. The van der Waals surface area contributed by atoms with Crippen LogP contribution in [-0.4, -0.2) is 134 Å². The number of nitrogens with one attached hydrogen (secondary N) is 1. The van der Waals surface area contributed by atoms with Gasteiger partial charge in [-0.25, -0.2) is 4.79 Å². The zero-order chi connectivity index (χ0) is 51.1. The first-order valence-corrected chi connectivity index (χ1v) is 25.4. The Bertz CT molecular complexity index is 3110. The van der Waals surface area contributed by atoms with Gasteiger partial charge in [-0.15, -0.1) is 10.2 Å². The van der Waals surface area contributed by atoms with Crippen molar-refractivity contribution in [1.82, 2.24) is 43.7 Å². The summed E-state index contributed by atoms with van der Waals surface area (Å²) in [5, 5.41) is 10.6. The number of nitrogens with zero attached hydrogens (tertiary/aromatic N) is 9. The Kier molecular flexibility index (Phi) is 13.7. The summed E-state index contributed by atoms with van der Waals surface area (Å²) in [6.07, 6.45) is 2.37. The summed E-state index contributed by atoms with van der Waals surface area (Å²) in [4.78, 5) is 59.6. The van der Waals surface area contributed by atoms with Crippen molar-refractivity contribution in [2.24, 2.45) is 7.05 Å². The van der Waals surface area contributed by atoms with Crippen molar-refractivity contribution >= 4 is 28.9 Å². The number of piperidine rings is 2. The van der Waals surface area contributed by atoms with Crippen molar-refractivity contribution < 1.29 is 41.8 Å². The van der Waals surface area contributed by atoms with Gasteiger partial charge in [-0.3, -0.25) is 38.5 Å². The summed E-state index contributed by atoms with van der Waals surface area (Å²) in [7, 11) is 1.87. The molecule has 0 unspecified atom stereocenters. The molecule has 3 amide bonds. The summed E-state index contributed by atoms with van der Waals surface area (Å²) in [6, 6.07) is 22.3. The third-order valence-corrected chi connectivity index (χ3v) is 15.4. The first-order valence-electron chi connectivity index (χ1n) is 25.4. The topological polar surface area (TPSA) is 161 Å². The molecular weight excluding hydrogens is 958 g/mol. The second-order valence-electron chi connectivity index (χ2n) is 20.4. The highest BCUT2D eigenvalue weighted by atomic mass is 19.4. The number of halogens is 3. The van der Waals surface area contributed by atoms with Gasteiger partial charge >= 0.3 is 11.9 Å². The molecule has 0 radical (unpaired) electrons. The Morgan fingerprint density at radius 3 is 2.28 bits per heavy atom. The molecule has 0 spiro atoms. The van der Waals surface area contributed by atoms with Gasteiger partial charge in [0, 0.05) is 108 Å². The van der Waals surface area contributed by atoms with Crippen LogP contribution in [0.1, 0.15) is 75.2 Å². The summed E-state index contributed by atoms with van der Waals surface area (Å²) in [6.45, 7) is 8.44. The first-order chi connectivity index (χ1) is 35.8. The predicted molar refractivity (Wildman–Crippen MR) is 266 cm³/mol. The van der Waals surface area contributed by atoms with Gasteiger partial charge in [0.2, 0.25) is 11.8 Å². The van der Waals surface area contributed by atoms with Gasteiger partial charge in [0.25, 0.3) is 5.91 Å². The fourth-order valence-electron chi connectivity index (χ4n) is 11.1. The number of carbonyl (C=O) groups excluding carboxylic acids is 3. The molecule has 5 aliphatic heterocycles. The van der Waals surface area contributed by atoms with Crippen molar-refractivity contribution in [1.29, 1.82) is 0 Å². The number of hydrogen-bond donors (Lipinski definition) is 1. The highest BCUT2D eigenvalue weighted by molar-refractivity contribution is 6.05. The molecule has 11 rings (SSSR count). The van der Waals surface area contributed by atoms with Crippen LogP contribution in [0.5, 0.6) is 0 Å². The number of imide groups is 1. The van der Waals surface area contributed by atoms with Gasteiger partial charge in [0.1, 0.15) is 18.2 Å². The maximum absolute atomic E-state index is 14.6. The molecule has 6 aromatic rings. The minimum absolute atomic E-state index is 0.0135. The smallest absolute Gasteiger partial charge is 0.379 e. The van der Waals surface area contributed by atoms with Crippen LogP contribution in [0, 0.1) is 0 Å². The molecule has 3 aromatic heterocycles. The lowest BCUT2D eigenvalue weighted by Crippen LogP contribution is -2.52. The van der Waals surface area contributed by atoms with E-state index in [1.807, 2.05) is 41.9 Å². The van der Waals surface area contributed by atoms with E-state index < -0.39 is 34.8 Å². The maximum Gasteiger partial charge on any atom is 0.418 e. The Labute approximate surface area is 425 Å². The second kappa shape index (κ2) is 20.5. The molecule has 0 saturated carbocycles. The summed E-state index contributed by atoms with van der Waals surface area (Å²) < 4.78 is 65.9. The standard InChI is InChI=1S/C54H59F3N10O7/c1-61-35-58-60-48(61)26-53(33-73-34-53)40-3-2-4-42(25-40)65-31-47-45(54(55,56)57)23-38(29-67(47)52(65)71)28-62-15-13-43(14-16-62)74-22-21-72-32-37-7-5-36(6-8-37)27-63-17-19-64(20-18-63)41-9-10-44-39(24-41)30-66(51(44)70)46-11-12-49(68)59-50(46)69/h2-10,23-25,29,31,35,43,46H,11-22,26-28,30,32-34H2,1H3,(H,59,68,69)/t46-/m0/s1. The molecular formula is C54H59F3N10O7. The Hall–Kier alpha value is -6.71. The third kappa shape index (κ3) is 10.2. The van der Waals surface area contributed by atoms with Crippen molar-refractivity contribution in [3.63, 3.8) is 0 Å². The molecule has 0 aliphatic carbocycles. The average Bonchev–Trinajstić information content (AvgIpc) is 4.06. The number of aromatic nitrogens is 5. The van der Waals surface area contributed by atoms with Gasteiger partial charge in [-0.1, -0.05) is 36.4 Å². The molecule has 3 aromatic carbocycles. The molecule has 1 N–H and O–H groups in total. The van der Waals surface area contributed by atoms with Crippen LogP contribution >= 0.6 is 0 Å². The molecule has 1 atom stereocenters. The minimum Gasteiger partial charge on any atom is -0.379 e. The molecule has 5 aliphatic rings. The number of likely N-dealkylation sites (tertiary alicyclic amines) is 1. The zero-order valence-electron chi connectivity index (χ0n) is 41.3. The van der Waals surface area contributed by atoms with E-state index in [0.29, 0.717) is 82.3 Å². The third-order valence-electron chi connectivity index (χ3n) is 15.4. The predicted octanol–water partition coefficient (Wildman–Crippen LogP) is 5.03. The number of carbonyl (C=O) groups is 3. The number of hydrogen-bond acceptors (Lipinski definition) is 12. The number of ether oxygens (including phenoxy) is 3. The fraction of sp³-hybridized carbons (Fsp3) is 0.444. The van der Waals surface area contributed by atoms with Gasteiger partial charge in [0.15, 0.2) is 0 Å². The van der Waals surface area contributed by atoms with Crippen molar-refractivity contribution in [3.8, 4) is 5.69 Å². The number of alkyl halides is 3. The monoisotopic (exact) mass is 1020 g/mol. The number of fused-ring (bicyclic) bond motifs is 2.